The third kappa shape index (κ3) is 5.25. The van der Waals surface area contributed by atoms with E-state index in [2.05, 4.69) is 26.1 Å². The Morgan fingerprint density at radius 3 is 2.00 bits per heavy atom. The Labute approximate surface area is 71.6 Å². The number of rotatable bonds is 6. The van der Waals surface area contributed by atoms with E-state index >= 15 is 0 Å². The van der Waals surface area contributed by atoms with Crippen molar-refractivity contribution in [1.82, 2.24) is 5.32 Å². The molecule has 1 N–H and O–H groups in total. The van der Waals surface area contributed by atoms with E-state index < -0.39 is 0 Å². The Balaban J connectivity index is 3.34. The van der Waals surface area contributed by atoms with Crippen molar-refractivity contribution in [3.8, 4) is 0 Å². The molecule has 0 amide bonds. The molecule has 0 aromatic heterocycles. The lowest BCUT2D eigenvalue weighted by atomic mass is 9.96. The van der Waals surface area contributed by atoms with Crippen molar-refractivity contribution in [2.75, 3.05) is 7.05 Å². The molecular formula is C10H23N. The summed E-state index contributed by atoms with van der Waals surface area (Å²) in [5, 5.41) is 3.27. The lowest BCUT2D eigenvalue weighted by molar-refractivity contribution is 0.406. The molecular weight excluding hydrogens is 134 g/mol. The first-order valence-electron chi connectivity index (χ1n) is 4.91. The van der Waals surface area contributed by atoms with Gasteiger partial charge in [-0.05, 0) is 32.7 Å². The maximum absolute atomic E-state index is 3.27. The van der Waals surface area contributed by atoms with Crippen LogP contribution in [0.15, 0.2) is 0 Å². The zero-order valence-corrected chi connectivity index (χ0v) is 8.48. The van der Waals surface area contributed by atoms with Crippen molar-refractivity contribution >= 4 is 0 Å². The Morgan fingerprint density at radius 2 is 1.64 bits per heavy atom. The first-order valence-corrected chi connectivity index (χ1v) is 4.91. The average Bonchev–Trinajstić information content (AvgIpc) is 2.06. The van der Waals surface area contributed by atoms with Crippen LogP contribution in [0.1, 0.15) is 46.5 Å². The molecule has 0 radical (unpaired) electrons. The van der Waals surface area contributed by atoms with E-state index in [1.807, 2.05) is 7.05 Å². The van der Waals surface area contributed by atoms with Crippen LogP contribution >= 0.6 is 0 Å². The van der Waals surface area contributed by atoms with E-state index in [4.69, 9.17) is 0 Å². The number of hydrogen-bond acceptors (Lipinski definition) is 1. The van der Waals surface area contributed by atoms with Crippen LogP contribution in [0.4, 0.5) is 0 Å². The van der Waals surface area contributed by atoms with Crippen molar-refractivity contribution < 1.29 is 0 Å². The summed E-state index contributed by atoms with van der Waals surface area (Å²) in [5.41, 5.74) is 0. The molecule has 0 aliphatic heterocycles. The van der Waals surface area contributed by atoms with Gasteiger partial charge in [-0.1, -0.05) is 26.7 Å². The van der Waals surface area contributed by atoms with Gasteiger partial charge in [0.2, 0.25) is 0 Å². The van der Waals surface area contributed by atoms with Crippen LogP contribution in [0, 0.1) is 5.92 Å². The van der Waals surface area contributed by atoms with E-state index in [-0.39, 0.29) is 0 Å². The molecule has 68 valence electrons. The van der Waals surface area contributed by atoms with Gasteiger partial charge >= 0.3 is 0 Å². The predicted molar refractivity (Wildman–Crippen MR) is 51.8 cm³/mol. The minimum Gasteiger partial charge on any atom is -0.317 e. The van der Waals surface area contributed by atoms with E-state index in [1.54, 1.807) is 0 Å². The molecule has 0 spiro atoms. The Kier molecular flexibility index (Phi) is 6.63. The largest absolute Gasteiger partial charge is 0.317 e. The Hall–Kier alpha value is -0.0400. The van der Waals surface area contributed by atoms with Gasteiger partial charge in [-0.25, -0.2) is 0 Å². The van der Waals surface area contributed by atoms with Crippen LogP contribution < -0.4 is 5.32 Å². The zero-order valence-electron chi connectivity index (χ0n) is 8.48. The minimum absolute atomic E-state index is 0.690. The van der Waals surface area contributed by atoms with E-state index in [0.29, 0.717) is 6.04 Å². The van der Waals surface area contributed by atoms with Crippen molar-refractivity contribution in [2.45, 2.75) is 52.5 Å². The molecule has 1 atom stereocenters. The third-order valence-corrected chi connectivity index (χ3v) is 2.66. The summed E-state index contributed by atoms with van der Waals surface area (Å²) in [6, 6.07) is 0.690. The van der Waals surface area contributed by atoms with Crippen molar-refractivity contribution in [3.05, 3.63) is 0 Å². The molecule has 1 unspecified atom stereocenters. The van der Waals surface area contributed by atoms with E-state index in [9.17, 15) is 0 Å². The second-order valence-electron chi connectivity index (χ2n) is 3.45. The molecule has 0 saturated heterocycles. The van der Waals surface area contributed by atoms with Gasteiger partial charge in [0.25, 0.3) is 0 Å². The maximum Gasteiger partial charge on any atom is 0.00358 e. The smallest absolute Gasteiger partial charge is 0.00358 e. The average molecular weight is 157 g/mol. The molecule has 1 heteroatoms. The van der Waals surface area contributed by atoms with Crippen LogP contribution in [0.5, 0.6) is 0 Å². The molecule has 0 rings (SSSR count). The first-order chi connectivity index (χ1) is 5.24. The van der Waals surface area contributed by atoms with Crippen LogP contribution in [-0.4, -0.2) is 13.1 Å². The summed E-state index contributed by atoms with van der Waals surface area (Å²) in [4.78, 5) is 0. The van der Waals surface area contributed by atoms with Crippen LogP contribution in [0.25, 0.3) is 0 Å². The fraction of sp³-hybridized carbons (Fsp3) is 1.00. The van der Waals surface area contributed by atoms with E-state index in [0.717, 1.165) is 5.92 Å². The van der Waals surface area contributed by atoms with Gasteiger partial charge in [-0.3, -0.25) is 0 Å². The quantitative estimate of drug-likeness (QED) is 0.625. The molecule has 0 heterocycles. The second kappa shape index (κ2) is 6.66. The van der Waals surface area contributed by atoms with Crippen molar-refractivity contribution in [3.63, 3.8) is 0 Å². The Bertz CT molecular complexity index is 76.9. The van der Waals surface area contributed by atoms with Crippen LogP contribution in [0.3, 0.4) is 0 Å². The third-order valence-electron chi connectivity index (χ3n) is 2.66. The highest BCUT2D eigenvalue weighted by molar-refractivity contribution is 4.61. The molecule has 0 aromatic carbocycles. The molecule has 1 nitrogen and oxygen atoms in total. The fourth-order valence-corrected chi connectivity index (χ4v) is 1.33. The van der Waals surface area contributed by atoms with Gasteiger partial charge in [-0.2, -0.15) is 0 Å². The number of hydrogen-bond donors (Lipinski definition) is 1. The second-order valence-corrected chi connectivity index (χ2v) is 3.45. The minimum atomic E-state index is 0.690. The number of nitrogens with one attached hydrogen (secondary N) is 1. The molecule has 0 aromatic rings. The monoisotopic (exact) mass is 157 g/mol. The summed E-state index contributed by atoms with van der Waals surface area (Å²) in [5.74, 6) is 0.950. The topological polar surface area (TPSA) is 12.0 Å². The van der Waals surface area contributed by atoms with Crippen LogP contribution in [-0.2, 0) is 0 Å². The van der Waals surface area contributed by atoms with Crippen molar-refractivity contribution in [1.29, 1.82) is 0 Å². The summed E-state index contributed by atoms with van der Waals surface area (Å²) < 4.78 is 0. The van der Waals surface area contributed by atoms with Gasteiger partial charge in [0.15, 0.2) is 0 Å². The fourth-order valence-electron chi connectivity index (χ4n) is 1.33. The van der Waals surface area contributed by atoms with Gasteiger partial charge in [0, 0.05) is 6.04 Å². The molecule has 0 fully saturated rings. The standard InChI is InChI=1S/C10H23N/c1-5-10(6-2)8-7-9(3)11-4/h9-11H,5-8H2,1-4H3. The first kappa shape index (κ1) is 11.0. The summed E-state index contributed by atoms with van der Waals surface area (Å²) >= 11 is 0. The lowest BCUT2D eigenvalue weighted by Gasteiger charge is -2.15. The van der Waals surface area contributed by atoms with Gasteiger partial charge in [-0.15, -0.1) is 0 Å². The highest BCUT2D eigenvalue weighted by Crippen LogP contribution is 2.15. The molecule has 0 saturated carbocycles. The highest BCUT2D eigenvalue weighted by atomic mass is 14.8. The molecule has 0 aliphatic rings. The predicted octanol–water partition coefficient (Wildman–Crippen LogP) is 2.81. The maximum atomic E-state index is 3.27. The van der Waals surface area contributed by atoms with Gasteiger partial charge in [0.05, 0.1) is 0 Å². The summed E-state index contributed by atoms with van der Waals surface area (Å²) in [7, 11) is 2.04. The lowest BCUT2D eigenvalue weighted by Crippen LogP contribution is -2.21. The highest BCUT2D eigenvalue weighted by Gasteiger charge is 2.05. The Morgan fingerprint density at radius 1 is 1.09 bits per heavy atom. The summed E-state index contributed by atoms with van der Waals surface area (Å²) in [6.45, 7) is 6.83. The van der Waals surface area contributed by atoms with Crippen LogP contribution in [0.2, 0.25) is 0 Å². The molecule has 0 aliphatic carbocycles. The van der Waals surface area contributed by atoms with Crippen molar-refractivity contribution in [2.24, 2.45) is 5.92 Å². The zero-order chi connectivity index (χ0) is 8.69. The molecule has 11 heavy (non-hydrogen) atoms. The van der Waals surface area contributed by atoms with Gasteiger partial charge in [0.1, 0.15) is 0 Å². The normalized spacial score (nSPS) is 13.9. The molecule has 0 bridgehead atoms. The van der Waals surface area contributed by atoms with Gasteiger partial charge < -0.3 is 5.32 Å². The SMILES string of the molecule is CCC(CC)CCC(C)NC. The summed E-state index contributed by atoms with van der Waals surface area (Å²) in [6.07, 6.45) is 5.39. The van der Waals surface area contributed by atoms with E-state index in [1.165, 1.54) is 25.7 Å².